The minimum Gasteiger partial charge on any atom is -0.361 e. The van der Waals surface area contributed by atoms with Crippen LogP contribution in [0.2, 0.25) is 0 Å². The molecule has 0 fully saturated rings. The van der Waals surface area contributed by atoms with Gasteiger partial charge in [-0.15, -0.1) is 0 Å². The Bertz CT molecular complexity index is 524. The van der Waals surface area contributed by atoms with Crippen LogP contribution in [0.1, 0.15) is 42.5 Å². The molecule has 5 nitrogen and oxygen atoms in total. The third-order valence-electron chi connectivity index (χ3n) is 3.65. The van der Waals surface area contributed by atoms with Gasteiger partial charge in [-0.05, 0) is 40.2 Å². The molecule has 0 aliphatic carbocycles. The molecule has 2 aromatic heterocycles. The van der Waals surface area contributed by atoms with Crippen LogP contribution in [0.25, 0.3) is 0 Å². The van der Waals surface area contributed by atoms with Crippen LogP contribution in [0.5, 0.6) is 0 Å². The van der Waals surface area contributed by atoms with Crippen molar-refractivity contribution in [2.75, 3.05) is 0 Å². The van der Waals surface area contributed by atoms with E-state index in [0.717, 1.165) is 23.6 Å². The molecule has 0 unspecified atom stereocenters. The lowest BCUT2D eigenvalue weighted by atomic mass is 10.1. The van der Waals surface area contributed by atoms with Gasteiger partial charge in [0.1, 0.15) is 5.76 Å². The minimum atomic E-state index is 0.300. The molecule has 0 saturated carbocycles. The van der Waals surface area contributed by atoms with Crippen molar-refractivity contribution in [3.63, 3.8) is 0 Å². The first-order chi connectivity index (χ1) is 8.99. The zero-order valence-corrected chi connectivity index (χ0v) is 12.3. The molecular weight excluding hydrogens is 240 g/mol. The largest absolute Gasteiger partial charge is 0.361 e. The van der Waals surface area contributed by atoms with Gasteiger partial charge in [-0.25, -0.2) is 0 Å². The number of hydrogen-bond acceptors (Lipinski definition) is 4. The average Bonchev–Trinajstić information content (AvgIpc) is 2.93. The molecule has 0 aliphatic rings. The van der Waals surface area contributed by atoms with Crippen LogP contribution in [0.15, 0.2) is 16.9 Å². The van der Waals surface area contributed by atoms with Crippen molar-refractivity contribution in [2.24, 2.45) is 0 Å². The highest BCUT2D eigenvalue weighted by atomic mass is 16.5. The smallest absolute Gasteiger partial charge is 0.138 e. The van der Waals surface area contributed by atoms with Gasteiger partial charge < -0.3 is 9.84 Å². The molecule has 0 amide bonds. The van der Waals surface area contributed by atoms with E-state index in [1.807, 2.05) is 24.7 Å². The van der Waals surface area contributed by atoms with Crippen molar-refractivity contribution < 1.29 is 4.52 Å². The fourth-order valence-corrected chi connectivity index (χ4v) is 2.07. The summed E-state index contributed by atoms with van der Waals surface area (Å²) in [6, 6.07) is 0.613. The van der Waals surface area contributed by atoms with Crippen LogP contribution >= 0.6 is 0 Å². The van der Waals surface area contributed by atoms with Gasteiger partial charge in [0.2, 0.25) is 0 Å². The lowest BCUT2D eigenvalue weighted by molar-refractivity contribution is 0.362. The molecule has 1 N–H and O–H groups in total. The second-order valence-corrected chi connectivity index (χ2v) is 5.21. The minimum absolute atomic E-state index is 0.300. The number of rotatable bonds is 5. The number of nitrogens with zero attached hydrogens (tertiary/aromatic N) is 3. The van der Waals surface area contributed by atoms with E-state index >= 15 is 0 Å². The number of nitrogens with one attached hydrogen (secondary N) is 1. The maximum absolute atomic E-state index is 5.17. The van der Waals surface area contributed by atoms with Gasteiger partial charge in [0.25, 0.3) is 0 Å². The van der Waals surface area contributed by atoms with E-state index in [1.165, 1.54) is 5.56 Å². The topological polar surface area (TPSA) is 55.9 Å². The van der Waals surface area contributed by atoms with Crippen LogP contribution in [0.3, 0.4) is 0 Å². The zero-order chi connectivity index (χ0) is 14.0. The molecular formula is C14H22N4O. The van der Waals surface area contributed by atoms with E-state index < -0.39 is 0 Å². The van der Waals surface area contributed by atoms with Gasteiger partial charge >= 0.3 is 0 Å². The Labute approximate surface area is 114 Å². The second-order valence-electron chi connectivity index (χ2n) is 5.21. The number of hydrogen-bond donors (Lipinski definition) is 1. The monoisotopic (exact) mass is 262 g/mol. The summed E-state index contributed by atoms with van der Waals surface area (Å²) in [6.07, 6.45) is 3.95. The van der Waals surface area contributed by atoms with Gasteiger partial charge in [-0.2, -0.15) is 5.10 Å². The molecule has 0 bridgehead atoms. The van der Waals surface area contributed by atoms with Gasteiger partial charge in [0.05, 0.1) is 17.9 Å². The first kappa shape index (κ1) is 13.8. The third-order valence-corrected chi connectivity index (χ3v) is 3.65. The van der Waals surface area contributed by atoms with Crippen molar-refractivity contribution >= 4 is 0 Å². The highest BCUT2D eigenvalue weighted by Crippen LogP contribution is 2.15. The van der Waals surface area contributed by atoms with Crippen molar-refractivity contribution in [2.45, 2.75) is 53.2 Å². The number of aromatic nitrogens is 3. The molecule has 104 valence electrons. The van der Waals surface area contributed by atoms with E-state index in [2.05, 4.69) is 42.5 Å². The normalized spacial score (nSPS) is 14.6. The molecule has 2 rings (SSSR count). The summed E-state index contributed by atoms with van der Waals surface area (Å²) in [4.78, 5) is 0. The molecule has 0 aromatic carbocycles. The summed E-state index contributed by atoms with van der Waals surface area (Å²) in [5.74, 6) is 0.889. The maximum atomic E-state index is 5.17. The molecule has 0 spiro atoms. The van der Waals surface area contributed by atoms with Crippen molar-refractivity contribution in [1.82, 2.24) is 20.3 Å². The SMILES string of the molecule is Cc1cnn([C@H](C)[C@H](C)NCc2c(C)noc2C)c1. The predicted molar refractivity (Wildman–Crippen MR) is 74.0 cm³/mol. The van der Waals surface area contributed by atoms with E-state index in [9.17, 15) is 0 Å². The quantitative estimate of drug-likeness (QED) is 0.899. The lowest BCUT2D eigenvalue weighted by Crippen LogP contribution is -2.33. The van der Waals surface area contributed by atoms with Crippen molar-refractivity contribution in [1.29, 1.82) is 0 Å². The van der Waals surface area contributed by atoms with E-state index in [4.69, 9.17) is 4.52 Å². The summed E-state index contributed by atoms with van der Waals surface area (Å²) < 4.78 is 7.17. The Hall–Kier alpha value is -1.62. The van der Waals surface area contributed by atoms with Crippen LogP contribution in [-0.4, -0.2) is 21.0 Å². The highest BCUT2D eigenvalue weighted by molar-refractivity contribution is 5.20. The summed E-state index contributed by atoms with van der Waals surface area (Å²) in [5, 5.41) is 11.8. The van der Waals surface area contributed by atoms with Gasteiger partial charge in [-0.3, -0.25) is 4.68 Å². The summed E-state index contributed by atoms with van der Waals surface area (Å²) in [5.41, 5.74) is 3.29. The molecule has 0 aliphatic heterocycles. The molecule has 0 radical (unpaired) electrons. The third kappa shape index (κ3) is 3.04. The Balaban J connectivity index is 1.96. The number of aryl methyl sites for hydroxylation is 3. The molecule has 0 saturated heterocycles. The molecule has 5 heteroatoms. The Morgan fingerprint density at radius 2 is 2.05 bits per heavy atom. The Kier molecular flexibility index (Phi) is 4.04. The van der Waals surface area contributed by atoms with E-state index in [-0.39, 0.29) is 0 Å². The van der Waals surface area contributed by atoms with E-state index in [0.29, 0.717) is 12.1 Å². The summed E-state index contributed by atoms with van der Waals surface area (Å²) in [6.45, 7) is 11.1. The average molecular weight is 262 g/mol. The first-order valence-corrected chi connectivity index (χ1v) is 6.65. The van der Waals surface area contributed by atoms with Crippen molar-refractivity contribution in [3.05, 3.63) is 35.0 Å². The fraction of sp³-hybridized carbons (Fsp3) is 0.571. The van der Waals surface area contributed by atoms with Crippen LogP contribution in [0.4, 0.5) is 0 Å². The van der Waals surface area contributed by atoms with Crippen LogP contribution in [-0.2, 0) is 6.54 Å². The standard InChI is InChI=1S/C14H22N4O/c1-9-6-16-18(8-9)12(4)10(2)15-7-14-11(3)17-19-13(14)5/h6,8,10,12,15H,7H2,1-5H3/t10-,12+/m0/s1. The lowest BCUT2D eigenvalue weighted by Gasteiger charge is -2.21. The molecule has 2 aromatic rings. The summed E-state index contributed by atoms with van der Waals surface area (Å²) >= 11 is 0. The molecule has 2 heterocycles. The Morgan fingerprint density at radius 1 is 1.32 bits per heavy atom. The molecule has 19 heavy (non-hydrogen) atoms. The second kappa shape index (κ2) is 5.57. The van der Waals surface area contributed by atoms with Gasteiger partial charge in [0, 0.05) is 24.3 Å². The predicted octanol–water partition coefficient (Wildman–Crippen LogP) is 2.54. The van der Waals surface area contributed by atoms with Gasteiger partial charge in [-0.1, -0.05) is 5.16 Å². The highest BCUT2D eigenvalue weighted by Gasteiger charge is 2.16. The fourth-order valence-electron chi connectivity index (χ4n) is 2.07. The van der Waals surface area contributed by atoms with Crippen LogP contribution < -0.4 is 5.32 Å². The van der Waals surface area contributed by atoms with E-state index in [1.54, 1.807) is 0 Å². The van der Waals surface area contributed by atoms with Crippen molar-refractivity contribution in [3.8, 4) is 0 Å². The molecule has 2 atom stereocenters. The maximum Gasteiger partial charge on any atom is 0.138 e. The summed E-state index contributed by atoms with van der Waals surface area (Å²) in [7, 11) is 0. The van der Waals surface area contributed by atoms with Gasteiger partial charge in [0.15, 0.2) is 0 Å². The Morgan fingerprint density at radius 3 is 2.58 bits per heavy atom. The van der Waals surface area contributed by atoms with Crippen LogP contribution in [0, 0.1) is 20.8 Å². The zero-order valence-electron chi connectivity index (χ0n) is 12.3. The first-order valence-electron chi connectivity index (χ1n) is 6.65.